The summed E-state index contributed by atoms with van der Waals surface area (Å²) in [5, 5.41) is 2.03. The molecule has 66 valence electrons. The molecule has 0 aromatic rings. The first kappa shape index (κ1) is 11.1. The molecule has 0 unspecified atom stereocenters. The normalized spacial score (nSPS) is 12.4. The van der Waals surface area contributed by atoms with Crippen LogP contribution < -0.4 is 0 Å². The zero-order chi connectivity index (χ0) is 8.74. The fraction of sp³-hybridized carbons (Fsp3) is 0.750. The van der Waals surface area contributed by atoms with Gasteiger partial charge in [-0.05, 0) is 24.9 Å². The molecule has 0 aliphatic heterocycles. The summed E-state index contributed by atoms with van der Waals surface area (Å²) in [7, 11) is -1.33. The third kappa shape index (κ3) is 6.50. The van der Waals surface area contributed by atoms with E-state index in [-0.39, 0.29) is 0 Å². The van der Waals surface area contributed by atoms with Gasteiger partial charge in [-0.15, -0.1) is 11.8 Å². The molecule has 0 atom stereocenters. The average Bonchev–Trinajstić information content (AvgIpc) is 1.99. The van der Waals surface area contributed by atoms with E-state index in [9.17, 15) is 0 Å². The van der Waals surface area contributed by atoms with E-state index in [4.69, 9.17) is 4.43 Å². The summed E-state index contributed by atoms with van der Waals surface area (Å²) in [6.45, 7) is 8.78. The zero-order valence-corrected chi connectivity index (χ0v) is 9.70. The molecule has 0 radical (unpaired) electrons. The van der Waals surface area contributed by atoms with Crippen LogP contribution in [0, 0.1) is 0 Å². The summed E-state index contributed by atoms with van der Waals surface area (Å²) in [5.41, 5.74) is 0. The van der Waals surface area contributed by atoms with Crippen LogP contribution in [0.15, 0.2) is 11.7 Å². The molecule has 0 spiro atoms. The van der Waals surface area contributed by atoms with Gasteiger partial charge in [0.1, 0.15) is 0 Å². The van der Waals surface area contributed by atoms with E-state index in [1.807, 2.05) is 11.7 Å². The minimum absolute atomic E-state index is 1.12. The van der Waals surface area contributed by atoms with E-state index in [2.05, 4.69) is 26.9 Å². The van der Waals surface area contributed by atoms with Crippen LogP contribution >= 0.6 is 11.8 Å². The molecule has 0 saturated carbocycles. The monoisotopic (exact) mass is 190 g/mol. The van der Waals surface area contributed by atoms with Crippen molar-refractivity contribution in [2.75, 3.05) is 5.75 Å². The van der Waals surface area contributed by atoms with Crippen molar-refractivity contribution in [1.29, 1.82) is 0 Å². The van der Waals surface area contributed by atoms with Gasteiger partial charge in [-0.2, -0.15) is 0 Å². The Morgan fingerprint density at radius 1 is 1.36 bits per heavy atom. The van der Waals surface area contributed by atoms with Crippen LogP contribution in [-0.4, -0.2) is 14.1 Å². The Kier molecular flexibility index (Phi) is 5.77. The summed E-state index contributed by atoms with van der Waals surface area (Å²) < 4.78 is 5.62. The average molecular weight is 190 g/mol. The number of hydrogen-bond donors (Lipinski definition) is 0. The van der Waals surface area contributed by atoms with E-state index in [0.717, 1.165) is 5.75 Å². The molecule has 0 heterocycles. The first-order valence-electron chi connectivity index (χ1n) is 4.07. The van der Waals surface area contributed by atoms with Crippen LogP contribution in [0.4, 0.5) is 0 Å². The van der Waals surface area contributed by atoms with Crippen molar-refractivity contribution in [2.45, 2.75) is 33.0 Å². The molecule has 0 aliphatic carbocycles. The Bertz CT molecular complexity index is 123. The SMILES string of the molecule is CCS/C=C/O[Si](C)(C)CC. The molecule has 0 amide bonds. The Balaban J connectivity index is 3.51. The van der Waals surface area contributed by atoms with Gasteiger partial charge >= 0.3 is 0 Å². The van der Waals surface area contributed by atoms with Gasteiger partial charge in [0.2, 0.25) is 8.32 Å². The third-order valence-electron chi connectivity index (χ3n) is 1.56. The first-order chi connectivity index (χ1) is 5.12. The Morgan fingerprint density at radius 2 is 2.00 bits per heavy atom. The van der Waals surface area contributed by atoms with Crippen molar-refractivity contribution >= 4 is 20.1 Å². The molecule has 0 bridgehead atoms. The second kappa shape index (κ2) is 5.72. The molecule has 1 nitrogen and oxygen atoms in total. The second-order valence-electron chi connectivity index (χ2n) is 2.96. The van der Waals surface area contributed by atoms with Gasteiger partial charge in [0.25, 0.3) is 0 Å². The summed E-state index contributed by atoms with van der Waals surface area (Å²) in [6, 6.07) is 1.17. The molecule has 3 heteroatoms. The predicted molar refractivity (Wildman–Crippen MR) is 56.3 cm³/mol. The maximum atomic E-state index is 5.62. The van der Waals surface area contributed by atoms with E-state index in [1.54, 1.807) is 11.8 Å². The van der Waals surface area contributed by atoms with E-state index in [0.29, 0.717) is 0 Å². The first-order valence-corrected chi connectivity index (χ1v) is 8.23. The van der Waals surface area contributed by atoms with Crippen molar-refractivity contribution in [3.05, 3.63) is 11.7 Å². The Labute approximate surface area is 75.3 Å². The predicted octanol–water partition coefficient (Wildman–Crippen LogP) is 3.45. The van der Waals surface area contributed by atoms with Gasteiger partial charge in [-0.1, -0.05) is 13.8 Å². The van der Waals surface area contributed by atoms with Crippen LogP contribution in [-0.2, 0) is 4.43 Å². The van der Waals surface area contributed by atoms with Gasteiger partial charge in [0.05, 0.1) is 6.26 Å². The summed E-state index contributed by atoms with van der Waals surface area (Å²) >= 11 is 1.78. The van der Waals surface area contributed by atoms with Gasteiger partial charge in [-0.25, -0.2) is 0 Å². The van der Waals surface area contributed by atoms with E-state index >= 15 is 0 Å². The number of thioether (sulfide) groups is 1. The molecular weight excluding hydrogens is 172 g/mol. The minimum atomic E-state index is -1.33. The van der Waals surface area contributed by atoms with Crippen molar-refractivity contribution < 1.29 is 4.43 Å². The van der Waals surface area contributed by atoms with Crippen molar-refractivity contribution in [3.8, 4) is 0 Å². The molecule has 0 aliphatic rings. The van der Waals surface area contributed by atoms with Crippen LogP contribution in [0.25, 0.3) is 0 Å². The molecule has 0 saturated heterocycles. The highest BCUT2D eigenvalue weighted by molar-refractivity contribution is 8.02. The standard InChI is InChI=1S/C8H18OSSi/c1-5-10-8-7-9-11(3,4)6-2/h7-8H,5-6H2,1-4H3/b8-7+. The van der Waals surface area contributed by atoms with E-state index in [1.165, 1.54) is 6.04 Å². The van der Waals surface area contributed by atoms with Crippen LogP contribution in [0.1, 0.15) is 13.8 Å². The largest absolute Gasteiger partial charge is 0.549 e. The fourth-order valence-corrected chi connectivity index (χ4v) is 1.46. The third-order valence-corrected chi connectivity index (χ3v) is 4.67. The quantitative estimate of drug-likeness (QED) is 0.485. The molecular formula is C8H18OSSi. The minimum Gasteiger partial charge on any atom is -0.549 e. The Morgan fingerprint density at radius 3 is 2.45 bits per heavy atom. The van der Waals surface area contributed by atoms with Gasteiger partial charge in [0.15, 0.2) is 0 Å². The maximum Gasteiger partial charge on any atom is 0.244 e. The highest BCUT2D eigenvalue weighted by atomic mass is 32.2. The molecule has 0 rings (SSSR count). The van der Waals surface area contributed by atoms with Crippen LogP contribution in [0.3, 0.4) is 0 Å². The van der Waals surface area contributed by atoms with Crippen molar-refractivity contribution in [2.24, 2.45) is 0 Å². The van der Waals surface area contributed by atoms with E-state index < -0.39 is 8.32 Å². The van der Waals surface area contributed by atoms with Crippen LogP contribution in [0.5, 0.6) is 0 Å². The molecule has 0 fully saturated rings. The van der Waals surface area contributed by atoms with Gasteiger partial charge in [-0.3, -0.25) is 0 Å². The fourth-order valence-electron chi connectivity index (χ4n) is 0.431. The molecule has 11 heavy (non-hydrogen) atoms. The lowest BCUT2D eigenvalue weighted by Crippen LogP contribution is -2.26. The highest BCUT2D eigenvalue weighted by Crippen LogP contribution is 2.11. The second-order valence-corrected chi connectivity index (χ2v) is 8.60. The van der Waals surface area contributed by atoms with Crippen molar-refractivity contribution in [1.82, 2.24) is 0 Å². The van der Waals surface area contributed by atoms with Crippen LogP contribution in [0.2, 0.25) is 19.1 Å². The lowest BCUT2D eigenvalue weighted by molar-refractivity contribution is 0.474. The summed E-state index contributed by atoms with van der Waals surface area (Å²) in [5.74, 6) is 1.12. The lowest BCUT2D eigenvalue weighted by Gasteiger charge is -2.18. The number of rotatable bonds is 5. The molecule has 0 aromatic carbocycles. The summed E-state index contributed by atoms with van der Waals surface area (Å²) in [6.07, 6.45) is 1.85. The smallest absolute Gasteiger partial charge is 0.244 e. The van der Waals surface area contributed by atoms with Gasteiger partial charge in [0, 0.05) is 5.41 Å². The summed E-state index contributed by atoms with van der Waals surface area (Å²) in [4.78, 5) is 0. The molecule has 0 aromatic heterocycles. The topological polar surface area (TPSA) is 9.23 Å². The highest BCUT2D eigenvalue weighted by Gasteiger charge is 2.18. The maximum absolute atomic E-state index is 5.62. The molecule has 0 N–H and O–H groups in total. The zero-order valence-electron chi connectivity index (χ0n) is 7.89. The Hall–Kier alpha value is 0.107. The van der Waals surface area contributed by atoms with Gasteiger partial charge < -0.3 is 4.43 Å². The van der Waals surface area contributed by atoms with Crippen molar-refractivity contribution in [3.63, 3.8) is 0 Å². The lowest BCUT2D eigenvalue weighted by atomic mass is 11.0. The number of hydrogen-bond acceptors (Lipinski definition) is 2.